The van der Waals surface area contributed by atoms with Gasteiger partial charge in [0.1, 0.15) is 10.6 Å². The summed E-state index contributed by atoms with van der Waals surface area (Å²) in [7, 11) is -8.87. The van der Waals surface area contributed by atoms with Crippen LogP contribution in [0.1, 0.15) is 81.8 Å². The molecule has 0 fully saturated rings. The van der Waals surface area contributed by atoms with Crippen LogP contribution in [0.4, 0.5) is 11.5 Å². The molecule has 11 heteroatoms. The third-order valence-corrected chi connectivity index (χ3v) is 11.1. The highest BCUT2D eigenvalue weighted by molar-refractivity contribution is 7.92. The molecule has 9 nitrogen and oxygen atoms in total. The SMILES string of the molecule is CCCCCCCCCC(CCc1cccc2nc(NS(=O)(=O)c3ccc(N)cc3)c(-c3ccccc3S(=O)(=O)O)nc12)c1ccccc1. The average molecular weight is 701 g/mol. The highest BCUT2D eigenvalue weighted by atomic mass is 32.2. The number of sulfonamides is 1. The first-order valence-electron chi connectivity index (χ1n) is 16.9. The van der Waals surface area contributed by atoms with Gasteiger partial charge >= 0.3 is 0 Å². The minimum absolute atomic E-state index is 0.0186. The van der Waals surface area contributed by atoms with Gasteiger partial charge in [-0.05, 0) is 72.7 Å². The van der Waals surface area contributed by atoms with Crippen LogP contribution in [0, 0.1) is 0 Å². The number of anilines is 2. The van der Waals surface area contributed by atoms with Crippen molar-refractivity contribution in [2.24, 2.45) is 0 Å². The second-order valence-electron chi connectivity index (χ2n) is 12.4. The van der Waals surface area contributed by atoms with Crippen LogP contribution < -0.4 is 10.5 Å². The lowest BCUT2D eigenvalue weighted by atomic mass is 9.87. The predicted molar refractivity (Wildman–Crippen MR) is 197 cm³/mol. The standard InChI is InChI=1S/C38H44N4O5S2/c1-2-3-4-5-6-7-9-17-29(28-15-10-8-11-16-28)22-23-30-18-14-20-34-36(30)41-37(33-19-12-13-21-35(33)49(45,46)47)38(40-34)42-48(43,44)32-26-24-31(39)25-27-32/h8,10-16,18-21,24-27,29H,2-7,9,17,22-23,39H2,1H3,(H,40,42)(H,45,46,47). The van der Waals surface area contributed by atoms with Crippen molar-refractivity contribution in [1.29, 1.82) is 0 Å². The molecule has 49 heavy (non-hydrogen) atoms. The molecule has 5 aromatic rings. The maximum absolute atomic E-state index is 13.5. The Bertz CT molecular complexity index is 2070. The topological polar surface area (TPSA) is 152 Å². The third-order valence-electron chi connectivity index (χ3n) is 8.81. The lowest BCUT2D eigenvalue weighted by Crippen LogP contribution is -2.16. The molecule has 4 aromatic carbocycles. The molecule has 1 heterocycles. The molecule has 0 amide bonds. The van der Waals surface area contributed by atoms with E-state index in [4.69, 9.17) is 10.7 Å². The first kappa shape index (κ1) is 36.0. The van der Waals surface area contributed by atoms with Gasteiger partial charge in [-0.15, -0.1) is 0 Å². The largest absolute Gasteiger partial charge is 0.399 e. The fourth-order valence-corrected chi connectivity index (χ4v) is 7.90. The van der Waals surface area contributed by atoms with E-state index >= 15 is 0 Å². The number of hydrogen-bond acceptors (Lipinski definition) is 7. The van der Waals surface area contributed by atoms with Crippen molar-refractivity contribution in [2.75, 3.05) is 10.5 Å². The highest BCUT2D eigenvalue weighted by Gasteiger charge is 2.25. The van der Waals surface area contributed by atoms with E-state index < -0.39 is 25.0 Å². The summed E-state index contributed by atoms with van der Waals surface area (Å²) in [6.45, 7) is 2.23. The Hall–Kier alpha value is -4.32. The van der Waals surface area contributed by atoms with Gasteiger partial charge in [0.2, 0.25) is 0 Å². The molecule has 1 aromatic heterocycles. The van der Waals surface area contributed by atoms with Gasteiger partial charge in [-0.25, -0.2) is 18.4 Å². The van der Waals surface area contributed by atoms with Crippen LogP contribution in [0.15, 0.2) is 107 Å². The van der Waals surface area contributed by atoms with E-state index in [-0.39, 0.29) is 22.0 Å². The number of rotatable bonds is 17. The molecule has 1 unspecified atom stereocenters. The summed E-state index contributed by atoms with van der Waals surface area (Å²) in [5, 5.41) is 0. The number of unbranched alkanes of at least 4 members (excludes halogenated alkanes) is 6. The number of benzene rings is 4. The highest BCUT2D eigenvalue weighted by Crippen LogP contribution is 2.35. The van der Waals surface area contributed by atoms with E-state index in [0.29, 0.717) is 29.1 Å². The molecule has 0 bridgehead atoms. The van der Waals surface area contributed by atoms with E-state index in [1.54, 1.807) is 12.1 Å². The van der Waals surface area contributed by atoms with Gasteiger partial charge in [0.25, 0.3) is 20.1 Å². The number of nitrogens with zero attached hydrogens (tertiary/aromatic N) is 2. The van der Waals surface area contributed by atoms with Crippen LogP contribution in [-0.4, -0.2) is 31.4 Å². The number of para-hydroxylation sites is 1. The van der Waals surface area contributed by atoms with Gasteiger partial charge in [-0.3, -0.25) is 9.27 Å². The number of aromatic nitrogens is 2. The molecular weight excluding hydrogens is 657 g/mol. The molecule has 0 radical (unpaired) electrons. The molecule has 0 aliphatic heterocycles. The van der Waals surface area contributed by atoms with Crippen molar-refractivity contribution >= 4 is 42.7 Å². The molecule has 0 saturated heterocycles. The van der Waals surface area contributed by atoms with Gasteiger partial charge in [0.05, 0.1) is 15.9 Å². The van der Waals surface area contributed by atoms with Gasteiger partial charge < -0.3 is 5.73 Å². The maximum Gasteiger partial charge on any atom is 0.295 e. The normalized spacial score (nSPS) is 12.6. The van der Waals surface area contributed by atoms with Crippen molar-refractivity contribution in [3.05, 3.63) is 108 Å². The molecule has 5 rings (SSSR count). The van der Waals surface area contributed by atoms with Crippen molar-refractivity contribution in [3.63, 3.8) is 0 Å². The second kappa shape index (κ2) is 16.4. The minimum atomic E-state index is -4.69. The zero-order valence-electron chi connectivity index (χ0n) is 27.8. The maximum atomic E-state index is 13.5. The first-order chi connectivity index (χ1) is 23.6. The summed E-state index contributed by atoms with van der Waals surface area (Å²) in [6.07, 6.45) is 11.3. The van der Waals surface area contributed by atoms with Crippen LogP contribution in [-0.2, 0) is 26.6 Å². The molecule has 1 atom stereocenters. The van der Waals surface area contributed by atoms with E-state index in [0.717, 1.165) is 24.8 Å². The summed E-state index contributed by atoms with van der Waals surface area (Å²) in [5.74, 6) is 0.171. The Morgan fingerprint density at radius 3 is 2.12 bits per heavy atom. The number of nitrogens with two attached hydrogens (primary N) is 1. The number of fused-ring (bicyclic) bond motifs is 1. The molecule has 0 saturated carbocycles. The van der Waals surface area contributed by atoms with Gasteiger partial charge in [-0.2, -0.15) is 8.42 Å². The molecular formula is C38H44N4O5S2. The van der Waals surface area contributed by atoms with Crippen LogP contribution in [0.5, 0.6) is 0 Å². The number of nitrogens with one attached hydrogen (secondary N) is 1. The number of aryl methyl sites for hydroxylation is 1. The van der Waals surface area contributed by atoms with Crippen LogP contribution in [0.2, 0.25) is 0 Å². The number of nitrogen functional groups attached to an aromatic ring is 1. The van der Waals surface area contributed by atoms with Crippen molar-refractivity contribution in [3.8, 4) is 11.3 Å². The van der Waals surface area contributed by atoms with Gasteiger partial charge in [0.15, 0.2) is 5.82 Å². The van der Waals surface area contributed by atoms with E-state index in [2.05, 4.69) is 40.9 Å². The average Bonchev–Trinajstić information content (AvgIpc) is 3.09. The second-order valence-corrected chi connectivity index (χ2v) is 15.5. The zero-order valence-corrected chi connectivity index (χ0v) is 29.4. The molecule has 258 valence electrons. The van der Waals surface area contributed by atoms with E-state index in [9.17, 15) is 21.4 Å². The summed E-state index contributed by atoms with van der Waals surface area (Å²) in [6, 6.07) is 27.6. The summed E-state index contributed by atoms with van der Waals surface area (Å²) in [4.78, 5) is 9.11. The summed E-state index contributed by atoms with van der Waals surface area (Å²) >= 11 is 0. The monoisotopic (exact) mass is 700 g/mol. The smallest absolute Gasteiger partial charge is 0.295 e. The Kier molecular flexibility index (Phi) is 12.0. The van der Waals surface area contributed by atoms with Crippen molar-refractivity contribution in [1.82, 2.24) is 9.97 Å². The molecule has 0 aliphatic carbocycles. The third kappa shape index (κ3) is 9.44. The molecule has 0 aliphatic rings. The van der Waals surface area contributed by atoms with Gasteiger partial charge in [0, 0.05) is 11.3 Å². The fraction of sp³-hybridized carbons (Fsp3) is 0.316. The Balaban J connectivity index is 1.51. The van der Waals surface area contributed by atoms with E-state index in [1.807, 2.05) is 18.2 Å². The lowest BCUT2D eigenvalue weighted by molar-refractivity contribution is 0.483. The van der Waals surface area contributed by atoms with Crippen molar-refractivity contribution in [2.45, 2.75) is 86.8 Å². The van der Waals surface area contributed by atoms with Gasteiger partial charge in [-0.1, -0.05) is 113 Å². The first-order valence-corrected chi connectivity index (χ1v) is 19.8. The lowest BCUT2D eigenvalue weighted by Gasteiger charge is -2.19. The Morgan fingerprint density at radius 2 is 1.41 bits per heavy atom. The minimum Gasteiger partial charge on any atom is -0.399 e. The molecule has 0 spiro atoms. The molecule has 4 N–H and O–H groups in total. The van der Waals surface area contributed by atoms with Crippen LogP contribution >= 0.6 is 0 Å². The van der Waals surface area contributed by atoms with Crippen LogP contribution in [0.3, 0.4) is 0 Å². The quantitative estimate of drug-likeness (QED) is 0.0494. The van der Waals surface area contributed by atoms with Crippen LogP contribution in [0.25, 0.3) is 22.3 Å². The summed E-state index contributed by atoms with van der Waals surface area (Å²) in [5.41, 5.74) is 9.34. The Morgan fingerprint density at radius 1 is 0.735 bits per heavy atom. The summed E-state index contributed by atoms with van der Waals surface area (Å²) < 4.78 is 64.5. The predicted octanol–water partition coefficient (Wildman–Crippen LogP) is 8.78. The zero-order chi connectivity index (χ0) is 34.9. The van der Waals surface area contributed by atoms with Crippen molar-refractivity contribution < 1.29 is 21.4 Å². The Labute approximate surface area is 289 Å². The number of hydrogen-bond donors (Lipinski definition) is 3. The van der Waals surface area contributed by atoms with E-state index in [1.165, 1.54) is 86.6 Å². The fourth-order valence-electron chi connectivity index (χ4n) is 6.20.